The van der Waals surface area contributed by atoms with E-state index in [1.165, 1.54) is 0 Å². The van der Waals surface area contributed by atoms with E-state index in [1.54, 1.807) is 24.8 Å². The van der Waals surface area contributed by atoms with Gasteiger partial charge in [0.1, 0.15) is 18.2 Å². The fourth-order valence-corrected chi connectivity index (χ4v) is 2.29. The van der Waals surface area contributed by atoms with Crippen molar-refractivity contribution in [1.82, 2.24) is 9.97 Å². The Morgan fingerprint density at radius 3 is 2.75 bits per heavy atom. The predicted molar refractivity (Wildman–Crippen MR) is 82.7 cm³/mol. The first-order chi connectivity index (χ1) is 9.50. The van der Waals surface area contributed by atoms with Gasteiger partial charge in [-0.1, -0.05) is 0 Å². The van der Waals surface area contributed by atoms with E-state index >= 15 is 0 Å². The molecule has 0 spiro atoms. The molecule has 1 aromatic rings. The van der Waals surface area contributed by atoms with Crippen molar-refractivity contribution in [3.05, 3.63) is 11.9 Å². The van der Waals surface area contributed by atoms with Gasteiger partial charge in [-0.15, -0.1) is 0 Å². The maximum Gasteiger partial charge on any atom is 0.158 e. The third-order valence-corrected chi connectivity index (χ3v) is 3.37. The normalized spacial score (nSPS) is 13.8. The number of aromatic nitrogens is 2. The lowest BCUT2D eigenvalue weighted by atomic mass is 10.1. The van der Waals surface area contributed by atoms with E-state index in [4.69, 9.17) is 10.6 Å². The van der Waals surface area contributed by atoms with Gasteiger partial charge >= 0.3 is 0 Å². The highest BCUT2D eigenvalue weighted by Gasteiger charge is 2.19. The molecular formula is C12H23N5O2S. The average Bonchev–Trinajstić information content (AvgIpc) is 2.43. The molecule has 1 unspecified atom stereocenters. The fourth-order valence-electron chi connectivity index (χ4n) is 1.56. The van der Waals surface area contributed by atoms with Crippen molar-refractivity contribution in [2.75, 3.05) is 35.9 Å². The van der Waals surface area contributed by atoms with Crippen molar-refractivity contribution in [2.24, 2.45) is 5.84 Å². The Kier molecular flexibility index (Phi) is 7.00. The van der Waals surface area contributed by atoms with Gasteiger partial charge in [-0.05, 0) is 20.1 Å². The van der Waals surface area contributed by atoms with Crippen LogP contribution in [0.3, 0.4) is 0 Å². The first kappa shape index (κ1) is 17.0. The number of aliphatic hydroxyl groups is 1. The van der Waals surface area contributed by atoms with Gasteiger partial charge in [-0.2, -0.15) is 11.8 Å². The van der Waals surface area contributed by atoms with Gasteiger partial charge in [-0.25, -0.2) is 15.8 Å². The van der Waals surface area contributed by atoms with Crippen LogP contribution < -0.4 is 16.6 Å². The van der Waals surface area contributed by atoms with Gasteiger partial charge < -0.3 is 20.6 Å². The van der Waals surface area contributed by atoms with Crippen LogP contribution >= 0.6 is 11.8 Å². The van der Waals surface area contributed by atoms with Crippen LogP contribution in [0.5, 0.6) is 0 Å². The second-order valence-electron chi connectivity index (χ2n) is 4.62. The van der Waals surface area contributed by atoms with Crippen molar-refractivity contribution in [3.8, 4) is 0 Å². The first-order valence-electron chi connectivity index (χ1n) is 6.38. The maximum absolute atomic E-state index is 10.1. The molecule has 0 radical (unpaired) electrons. The van der Waals surface area contributed by atoms with Crippen LogP contribution in [0.1, 0.15) is 19.7 Å². The molecule has 114 valence electrons. The van der Waals surface area contributed by atoms with E-state index in [1.807, 2.05) is 13.2 Å². The van der Waals surface area contributed by atoms with Crippen LogP contribution in [-0.2, 0) is 11.3 Å². The molecule has 1 heterocycles. The van der Waals surface area contributed by atoms with Crippen molar-refractivity contribution in [3.63, 3.8) is 0 Å². The molecule has 0 saturated carbocycles. The predicted octanol–water partition coefficient (Wildman–Crippen LogP) is 0.825. The lowest BCUT2D eigenvalue weighted by molar-refractivity contribution is 0.0996. The minimum atomic E-state index is -0.805. The number of nitrogens with one attached hydrogen (secondary N) is 2. The van der Waals surface area contributed by atoms with Gasteiger partial charge in [0.05, 0.1) is 5.60 Å². The third kappa shape index (κ3) is 5.91. The number of anilines is 2. The molecule has 7 nitrogen and oxygen atoms in total. The summed E-state index contributed by atoms with van der Waals surface area (Å²) in [4.78, 5) is 8.51. The van der Waals surface area contributed by atoms with Gasteiger partial charge in [0.25, 0.3) is 0 Å². The van der Waals surface area contributed by atoms with Crippen molar-refractivity contribution in [2.45, 2.75) is 26.1 Å². The summed E-state index contributed by atoms with van der Waals surface area (Å²) in [6, 6.07) is 1.69. The molecule has 1 atom stereocenters. The van der Waals surface area contributed by atoms with E-state index in [-0.39, 0.29) is 0 Å². The number of ether oxygens (including phenoxy) is 1. The summed E-state index contributed by atoms with van der Waals surface area (Å²) in [6.07, 6.45) is 1.95. The highest BCUT2D eigenvalue weighted by Crippen LogP contribution is 2.15. The van der Waals surface area contributed by atoms with E-state index in [0.29, 0.717) is 43.0 Å². The molecule has 0 bridgehead atoms. The topological polar surface area (TPSA) is 105 Å². The number of hydrogen-bond donors (Lipinski definition) is 4. The Balaban J connectivity index is 2.73. The van der Waals surface area contributed by atoms with Gasteiger partial charge in [-0.3, -0.25) is 0 Å². The molecule has 5 N–H and O–H groups in total. The van der Waals surface area contributed by atoms with Crippen LogP contribution in [-0.4, -0.2) is 45.8 Å². The lowest BCUT2D eigenvalue weighted by Gasteiger charge is -2.23. The second kappa shape index (κ2) is 8.25. The SMILES string of the molecule is CCOCc1nc(NN)cc(NCC(C)(O)CSC)n1. The molecule has 0 fully saturated rings. The zero-order chi connectivity index (χ0) is 15.0. The number of hydrazine groups is 1. The van der Waals surface area contributed by atoms with E-state index in [0.717, 1.165) is 0 Å². The number of rotatable bonds is 9. The highest BCUT2D eigenvalue weighted by molar-refractivity contribution is 7.98. The minimum absolute atomic E-state index is 0.321. The smallest absolute Gasteiger partial charge is 0.158 e. The lowest BCUT2D eigenvalue weighted by Crippen LogP contribution is -2.36. The standard InChI is InChI=1S/C12H23N5O2S/c1-4-19-6-11-15-9(5-10(16-11)17-13)14-7-12(2,18)8-20-3/h5,18H,4,6-8,13H2,1-3H3,(H2,14,15,16,17). The zero-order valence-electron chi connectivity index (χ0n) is 12.1. The maximum atomic E-state index is 10.1. The van der Waals surface area contributed by atoms with Crippen molar-refractivity contribution >= 4 is 23.4 Å². The summed E-state index contributed by atoms with van der Waals surface area (Å²) >= 11 is 1.59. The van der Waals surface area contributed by atoms with Gasteiger partial charge in [0, 0.05) is 25.0 Å². The molecular weight excluding hydrogens is 278 g/mol. The van der Waals surface area contributed by atoms with Crippen LogP contribution in [0.2, 0.25) is 0 Å². The monoisotopic (exact) mass is 301 g/mol. The Labute approximate surface area is 123 Å². The Hall–Kier alpha value is -1.09. The molecule has 0 aromatic carbocycles. The van der Waals surface area contributed by atoms with Gasteiger partial charge in [0.15, 0.2) is 5.82 Å². The molecule has 1 aromatic heterocycles. The Bertz CT molecular complexity index is 417. The number of nitrogen functional groups attached to an aromatic ring is 1. The van der Waals surface area contributed by atoms with Crippen molar-refractivity contribution < 1.29 is 9.84 Å². The third-order valence-electron chi connectivity index (χ3n) is 2.46. The molecule has 0 amide bonds. The van der Waals surface area contributed by atoms with Gasteiger partial charge in [0.2, 0.25) is 0 Å². The molecule has 8 heteroatoms. The summed E-state index contributed by atoms with van der Waals surface area (Å²) in [7, 11) is 0. The quantitative estimate of drug-likeness (QED) is 0.392. The van der Waals surface area contributed by atoms with Crippen molar-refractivity contribution in [1.29, 1.82) is 0 Å². The largest absolute Gasteiger partial charge is 0.387 e. The molecule has 20 heavy (non-hydrogen) atoms. The summed E-state index contributed by atoms with van der Waals surface area (Å²) in [5.41, 5.74) is 1.69. The van der Waals surface area contributed by atoms with Crippen LogP contribution in [0.15, 0.2) is 6.07 Å². The molecule has 0 aliphatic carbocycles. The Morgan fingerprint density at radius 1 is 1.45 bits per heavy atom. The fraction of sp³-hybridized carbons (Fsp3) is 0.667. The van der Waals surface area contributed by atoms with E-state index in [9.17, 15) is 5.11 Å². The summed E-state index contributed by atoms with van der Waals surface area (Å²) in [5.74, 6) is 7.66. The molecule has 0 aliphatic heterocycles. The second-order valence-corrected chi connectivity index (χ2v) is 5.49. The summed E-state index contributed by atoms with van der Waals surface area (Å²) in [5, 5.41) is 13.2. The number of nitrogens with two attached hydrogens (primary N) is 1. The van der Waals surface area contributed by atoms with Crippen LogP contribution in [0.4, 0.5) is 11.6 Å². The molecule has 0 aliphatic rings. The minimum Gasteiger partial charge on any atom is -0.387 e. The van der Waals surface area contributed by atoms with E-state index in [2.05, 4.69) is 20.7 Å². The highest BCUT2D eigenvalue weighted by atomic mass is 32.2. The molecule has 1 rings (SSSR count). The average molecular weight is 301 g/mol. The molecule has 0 saturated heterocycles. The summed E-state index contributed by atoms with van der Waals surface area (Å²) in [6.45, 7) is 4.99. The zero-order valence-corrected chi connectivity index (χ0v) is 13.0. The Morgan fingerprint density at radius 2 is 2.15 bits per heavy atom. The number of thioether (sulfide) groups is 1. The number of hydrogen-bond acceptors (Lipinski definition) is 8. The summed E-state index contributed by atoms with van der Waals surface area (Å²) < 4.78 is 5.28. The van der Waals surface area contributed by atoms with E-state index < -0.39 is 5.60 Å². The van der Waals surface area contributed by atoms with Crippen LogP contribution in [0.25, 0.3) is 0 Å². The first-order valence-corrected chi connectivity index (χ1v) is 7.77. The van der Waals surface area contributed by atoms with Crippen LogP contribution in [0, 0.1) is 0 Å². The number of nitrogens with zero attached hydrogens (tertiary/aromatic N) is 2.